The van der Waals surface area contributed by atoms with Crippen molar-refractivity contribution in [3.8, 4) is 0 Å². The molecule has 0 aliphatic carbocycles. The average Bonchev–Trinajstić information content (AvgIpc) is 2.14. The Labute approximate surface area is 112 Å². The Hall–Kier alpha value is 0.0300. The van der Waals surface area contributed by atoms with Crippen LogP contribution in [0.4, 0.5) is 0 Å². The second kappa shape index (κ2) is 9.02. The summed E-state index contributed by atoms with van der Waals surface area (Å²) in [6.07, 6.45) is 0.582. The summed E-state index contributed by atoms with van der Waals surface area (Å²) in [5.74, 6) is 0. The lowest BCUT2D eigenvalue weighted by Crippen LogP contribution is -2.27. The Bertz CT molecular complexity index is 248. The quantitative estimate of drug-likeness (QED) is 0.533. The molecule has 0 saturated carbocycles. The zero-order chi connectivity index (χ0) is 15.0. The topological polar surface area (TPSA) is 61.8 Å². The minimum atomic E-state index is -3.80. The summed E-state index contributed by atoms with van der Waals surface area (Å²) < 4.78 is 22.8. The fourth-order valence-corrected chi connectivity index (χ4v) is 1.13. The number of quaternary nitrogens is 1. The standard InChI is InChI=1S/C7H18NO4P.C4H12N/c1-7(11-4)5-6-12-13(9,10)8(2)3;1-5(2,3)4/h7H,5-6H2,1-4H3,(H,9,10);1-4H3/q;+1/p-1. The van der Waals surface area contributed by atoms with E-state index in [0.29, 0.717) is 6.42 Å². The molecule has 0 N–H and O–H groups in total. The highest BCUT2D eigenvalue weighted by Crippen LogP contribution is 2.38. The third-order valence-corrected chi connectivity index (χ3v) is 3.16. The molecule has 18 heavy (non-hydrogen) atoms. The monoisotopic (exact) mass is 284 g/mol. The largest absolute Gasteiger partial charge is 0.766 e. The van der Waals surface area contributed by atoms with Crippen molar-refractivity contribution < 1.29 is 23.2 Å². The van der Waals surface area contributed by atoms with Crippen molar-refractivity contribution >= 4 is 7.75 Å². The van der Waals surface area contributed by atoms with E-state index in [1.807, 2.05) is 6.92 Å². The number of rotatable bonds is 6. The molecule has 112 valence electrons. The number of ether oxygens (including phenoxy) is 1. The lowest BCUT2D eigenvalue weighted by Gasteiger charge is -2.29. The SMILES string of the molecule is COC(C)CCOP(=O)([O-])N(C)C.C[N+](C)(C)C. The molecule has 0 bridgehead atoms. The summed E-state index contributed by atoms with van der Waals surface area (Å²) in [6, 6.07) is 0. The lowest BCUT2D eigenvalue weighted by atomic mass is 10.3. The molecule has 7 heteroatoms. The number of methoxy groups -OCH3 is 1. The van der Waals surface area contributed by atoms with E-state index in [-0.39, 0.29) is 12.7 Å². The van der Waals surface area contributed by atoms with Crippen LogP contribution in [0.2, 0.25) is 0 Å². The van der Waals surface area contributed by atoms with Crippen LogP contribution in [0.1, 0.15) is 13.3 Å². The summed E-state index contributed by atoms with van der Waals surface area (Å²) in [5, 5.41) is 0. The van der Waals surface area contributed by atoms with Gasteiger partial charge in [0.1, 0.15) is 0 Å². The van der Waals surface area contributed by atoms with Crippen LogP contribution < -0.4 is 4.89 Å². The van der Waals surface area contributed by atoms with Gasteiger partial charge in [0.25, 0.3) is 0 Å². The first kappa shape index (κ1) is 20.3. The molecule has 0 fully saturated rings. The first-order valence-electron chi connectivity index (χ1n) is 5.85. The normalized spacial score (nSPS) is 16.8. The molecule has 0 spiro atoms. The van der Waals surface area contributed by atoms with E-state index in [2.05, 4.69) is 28.2 Å². The minimum absolute atomic E-state index is 0.0159. The van der Waals surface area contributed by atoms with Crippen molar-refractivity contribution in [1.82, 2.24) is 4.67 Å². The Morgan fingerprint density at radius 1 is 1.28 bits per heavy atom. The van der Waals surface area contributed by atoms with Crippen LogP contribution >= 0.6 is 7.75 Å². The van der Waals surface area contributed by atoms with E-state index >= 15 is 0 Å². The molecule has 0 amide bonds. The maximum absolute atomic E-state index is 11.1. The number of hydrogen-bond donors (Lipinski definition) is 0. The van der Waals surface area contributed by atoms with E-state index in [1.165, 1.54) is 14.1 Å². The smallest absolute Gasteiger partial charge is 0.206 e. The molecular weight excluding hydrogens is 255 g/mol. The van der Waals surface area contributed by atoms with Crippen molar-refractivity contribution in [2.24, 2.45) is 0 Å². The third-order valence-electron chi connectivity index (χ3n) is 1.67. The summed E-state index contributed by atoms with van der Waals surface area (Å²) >= 11 is 0. The molecule has 2 unspecified atom stereocenters. The molecular formula is C11H29N2O4P. The molecule has 0 saturated heterocycles. The van der Waals surface area contributed by atoms with Crippen molar-refractivity contribution in [1.29, 1.82) is 0 Å². The van der Waals surface area contributed by atoms with Crippen molar-refractivity contribution in [2.45, 2.75) is 19.4 Å². The molecule has 6 nitrogen and oxygen atoms in total. The van der Waals surface area contributed by atoms with Crippen LogP contribution in [0.15, 0.2) is 0 Å². The molecule has 0 aliphatic heterocycles. The van der Waals surface area contributed by atoms with Crippen molar-refractivity contribution in [3.05, 3.63) is 0 Å². The molecule has 2 atom stereocenters. The Morgan fingerprint density at radius 3 is 1.94 bits per heavy atom. The Kier molecular flexibility index (Phi) is 10.2. The molecule has 0 aromatic heterocycles. The predicted octanol–water partition coefficient (Wildman–Crippen LogP) is 0.780. The zero-order valence-electron chi connectivity index (χ0n) is 13.0. The van der Waals surface area contributed by atoms with Gasteiger partial charge in [-0.25, -0.2) is 4.67 Å². The van der Waals surface area contributed by atoms with Crippen LogP contribution in [-0.4, -0.2) is 71.3 Å². The van der Waals surface area contributed by atoms with Gasteiger partial charge in [0, 0.05) is 7.11 Å². The van der Waals surface area contributed by atoms with Gasteiger partial charge in [-0.15, -0.1) is 0 Å². The van der Waals surface area contributed by atoms with Crippen LogP contribution in [0.3, 0.4) is 0 Å². The second-order valence-electron chi connectivity index (χ2n) is 5.67. The highest BCUT2D eigenvalue weighted by molar-refractivity contribution is 7.48. The van der Waals surface area contributed by atoms with Gasteiger partial charge < -0.3 is 18.6 Å². The first-order chi connectivity index (χ1) is 7.90. The second-order valence-corrected chi connectivity index (χ2v) is 7.66. The third kappa shape index (κ3) is 16.0. The van der Waals surface area contributed by atoms with Gasteiger partial charge in [-0.1, -0.05) is 0 Å². The summed E-state index contributed by atoms with van der Waals surface area (Å²) in [6.45, 7) is 2.02. The van der Waals surface area contributed by atoms with Crippen LogP contribution in [-0.2, 0) is 13.8 Å². The van der Waals surface area contributed by atoms with E-state index in [0.717, 1.165) is 9.15 Å². The summed E-state index contributed by atoms with van der Waals surface area (Å²) in [5.41, 5.74) is 0. The Morgan fingerprint density at radius 2 is 1.67 bits per heavy atom. The maximum Gasteiger partial charge on any atom is 0.206 e. The van der Waals surface area contributed by atoms with Crippen LogP contribution in [0.5, 0.6) is 0 Å². The van der Waals surface area contributed by atoms with E-state index in [1.54, 1.807) is 7.11 Å². The van der Waals surface area contributed by atoms with Gasteiger partial charge in [-0.05, 0) is 27.4 Å². The van der Waals surface area contributed by atoms with Crippen molar-refractivity contribution in [2.75, 3.05) is 56.0 Å². The van der Waals surface area contributed by atoms with E-state index in [9.17, 15) is 9.46 Å². The van der Waals surface area contributed by atoms with Gasteiger partial charge in [0.05, 0.1) is 40.9 Å². The average molecular weight is 284 g/mol. The van der Waals surface area contributed by atoms with Gasteiger partial charge in [-0.3, -0.25) is 4.57 Å². The first-order valence-corrected chi connectivity index (χ1v) is 7.34. The lowest BCUT2D eigenvalue weighted by molar-refractivity contribution is -0.849. The van der Waals surface area contributed by atoms with Gasteiger partial charge >= 0.3 is 0 Å². The van der Waals surface area contributed by atoms with E-state index < -0.39 is 7.75 Å². The Balaban J connectivity index is 0. The summed E-state index contributed by atoms with van der Waals surface area (Å²) in [7, 11) is 9.15. The number of nitrogens with zero attached hydrogens (tertiary/aromatic N) is 2. The summed E-state index contributed by atoms with van der Waals surface area (Å²) in [4.78, 5) is 11.1. The van der Waals surface area contributed by atoms with Gasteiger partial charge in [0.15, 0.2) is 0 Å². The van der Waals surface area contributed by atoms with Crippen LogP contribution in [0, 0.1) is 0 Å². The zero-order valence-corrected chi connectivity index (χ0v) is 13.9. The molecule has 0 heterocycles. The highest BCUT2D eigenvalue weighted by Gasteiger charge is 2.11. The molecule has 0 rings (SSSR count). The van der Waals surface area contributed by atoms with E-state index in [4.69, 9.17) is 9.26 Å². The molecule has 0 aromatic rings. The fourth-order valence-electron chi connectivity index (χ4n) is 0.567. The van der Waals surface area contributed by atoms with Crippen LogP contribution in [0.25, 0.3) is 0 Å². The molecule has 0 aliphatic rings. The van der Waals surface area contributed by atoms with Gasteiger partial charge in [-0.2, -0.15) is 0 Å². The fraction of sp³-hybridized carbons (Fsp3) is 1.00. The van der Waals surface area contributed by atoms with Gasteiger partial charge in [0.2, 0.25) is 7.75 Å². The van der Waals surface area contributed by atoms with Crippen molar-refractivity contribution in [3.63, 3.8) is 0 Å². The minimum Gasteiger partial charge on any atom is -0.766 e. The molecule has 0 aromatic carbocycles. The highest BCUT2D eigenvalue weighted by atomic mass is 31.2. The maximum atomic E-state index is 11.1. The predicted molar refractivity (Wildman–Crippen MR) is 72.3 cm³/mol. The molecule has 0 radical (unpaired) electrons. The number of hydrogen-bond acceptors (Lipinski definition) is 4.